The van der Waals surface area contributed by atoms with E-state index in [9.17, 15) is 9.59 Å². The van der Waals surface area contributed by atoms with Gasteiger partial charge in [0.05, 0.1) is 0 Å². The van der Waals surface area contributed by atoms with E-state index in [2.05, 4.69) is 27.2 Å². The van der Waals surface area contributed by atoms with Gasteiger partial charge in [0.1, 0.15) is 0 Å². The normalized spacial score (nSPS) is 14.9. The molecule has 0 atom stereocenters. The molecule has 6 heteroatoms. The minimum atomic E-state index is -0.489. The Morgan fingerprint density at radius 1 is 1.09 bits per heavy atom. The maximum Gasteiger partial charge on any atom is 0.312 e. The van der Waals surface area contributed by atoms with Gasteiger partial charge in [-0.25, -0.2) is 0 Å². The van der Waals surface area contributed by atoms with Gasteiger partial charge in [-0.2, -0.15) is 0 Å². The van der Waals surface area contributed by atoms with Crippen molar-refractivity contribution >= 4 is 17.5 Å². The highest BCUT2D eigenvalue weighted by Gasteiger charge is 2.25. The molecule has 0 aliphatic carbocycles. The van der Waals surface area contributed by atoms with Crippen molar-refractivity contribution in [2.45, 2.75) is 6.42 Å². The summed E-state index contributed by atoms with van der Waals surface area (Å²) in [7, 11) is 3.97. The topological polar surface area (TPSA) is 55.9 Å². The summed E-state index contributed by atoms with van der Waals surface area (Å²) in [5.74, 6) is -0.903. The van der Waals surface area contributed by atoms with Crippen LogP contribution in [0.1, 0.15) is 6.42 Å². The molecule has 1 N–H and O–H groups in total. The van der Waals surface area contributed by atoms with Crippen LogP contribution in [0.4, 0.5) is 5.69 Å². The summed E-state index contributed by atoms with van der Waals surface area (Å²) in [4.78, 5) is 30.0. The predicted molar refractivity (Wildman–Crippen MR) is 91.4 cm³/mol. The molecule has 2 amide bonds. The molecule has 0 radical (unpaired) electrons. The lowest BCUT2D eigenvalue weighted by Gasteiger charge is -2.35. The third-order valence-electron chi connectivity index (χ3n) is 3.95. The van der Waals surface area contributed by atoms with Crippen molar-refractivity contribution in [2.75, 3.05) is 58.3 Å². The molecule has 1 aliphatic rings. The lowest BCUT2D eigenvalue weighted by molar-refractivity contribution is -0.146. The van der Waals surface area contributed by atoms with Gasteiger partial charge in [0.25, 0.3) is 0 Å². The first-order chi connectivity index (χ1) is 11.1. The number of carbonyl (C=O) groups excluding carboxylic acids is 2. The van der Waals surface area contributed by atoms with Crippen molar-refractivity contribution in [1.29, 1.82) is 0 Å². The molecule has 23 heavy (non-hydrogen) atoms. The van der Waals surface area contributed by atoms with Crippen LogP contribution in [0.25, 0.3) is 0 Å². The summed E-state index contributed by atoms with van der Waals surface area (Å²) in [6.45, 7) is 4.10. The average Bonchev–Trinajstić information content (AvgIpc) is 2.58. The number of rotatable bonds is 5. The lowest BCUT2D eigenvalue weighted by Crippen LogP contribution is -2.52. The first-order valence-corrected chi connectivity index (χ1v) is 8.10. The van der Waals surface area contributed by atoms with Crippen LogP contribution in [-0.2, 0) is 9.59 Å². The van der Waals surface area contributed by atoms with Crippen LogP contribution in [0.5, 0.6) is 0 Å². The molecule has 126 valence electrons. The van der Waals surface area contributed by atoms with Crippen molar-refractivity contribution in [3.8, 4) is 0 Å². The van der Waals surface area contributed by atoms with Crippen molar-refractivity contribution in [3.05, 3.63) is 30.3 Å². The number of benzene rings is 1. The van der Waals surface area contributed by atoms with Crippen molar-refractivity contribution in [2.24, 2.45) is 0 Å². The molecule has 1 fully saturated rings. The molecule has 1 saturated heterocycles. The zero-order valence-corrected chi connectivity index (χ0v) is 14.0. The Hall–Kier alpha value is -2.08. The average molecular weight is 318 g/mol. The highest BCUT2D eigenvalue weighted by molar-refractivity contribution is 6.35. The fourth-order valence-corrected chi connectivity index (χ4v) is 2.62. The van der Waals surface area contributed by atoms with Gasteiger partial charge >= 0.3 is 11.8 Å². The van der Waals surface area contributed by atoms with Crippen molar-refractivity contribution < 1.29 is 9.59 Å². The van der Waals surface area contributed by atoms with Gasteiger partial charge in [0, 0.05) is 38.4 Å². The molecule has 2 rings (SSSR count). The summed E-state index contributed by atoms with van der Waals surface area (Å²) >= 11 is 0. The van der Waals surface area contributed by atoms with E-state index in [0.29, 0.717) is 19.6 Å². The molecule has 1 aromatic rings. The molecule has 0 unspecified atom stereocenters. The molecule has 0 aromatic heterocycles. The quantitative estimate of drug-likeness (QED) is 0.631. The highest BCUT2D eigenvalue weighted by Crippen LogP contribution is 2.15. The SMILES string of the molecule is CN(C)CCCNC(=O)C(=O)N1CCN(c2ccccc2)CC1. The van der Waals surface area contributed by atoms with E-state index in [1.165, 1.54) is 0 Å². The molecule has 0 bridgehead atoms. The Labute approximate surface area is 138 Å². The number of amides is 2. The van der Waals surface area contributed by atoms with Crippen LogP contribution < -0.4 is 10.2 Å². The van der Waals surface area contributed by atoms with Crippen molar-refractivity contribution in [1.82, 2.24) is 15.1 Å². The third kappa shape index (κ3) is 5.25. The number of nitrogens with one attached hydrogen (secondary N) is 1. The predicted octanol–water partition coefficient (Wildman–Crippen LogP) is 0.403. The maximum absolute atomic E-state index is 12.2. The molecule has 6 nitrogen and oxygen atoms in total. The van der Waals surface area contributed by atoms with Gasteiger partial charge in [-0.1, -0.05) is 18.2 Å². The number of piperazine rings is 1. The Morgan fingerprint density at radius 2 is 1.74 bits per heavy atom. The van der Waals surface area contributed by atoms with Crippen LogP contribution in [0.3, 0.4) is 0 Å². The first-order valence-electron chi connectivity index (χ1n) is 8.10. The lowest BCUT2D eigenvalue weighted by atomic mass is 10.2. The van der Waals surface area contributed by atoms with Gasteiger partial charge in [0.2, 0.25) is 0 Å². The second-order valence-electron chi connectivity index (χ2n) is 6.03. The molecule has 0 saturated carbocycles. The van der Waals surface area contributed by atoms with Gasteiger partial charge in [-0.3, -0.25) is 9.59 Å². The van der Waals surface area contributed by atoms with E-state index in [0.717, 1.165) is 31.7 Å². The molecular formula is C17H26N4O2. The number of nitrogens with zero attached hydrogens (tertiary/aromatic N) is 3. The fraction of sp³-hybridized carbons (Fsp3) is 0.529. The van der Waals surface area contributed by atoms with Gasteiger partial charge < -0.3 is 20.0 Å². The van der Waals surface area contributed by atoms with Gasteiger partial charge in [-0.05, 0) is 39.2 Å². The number of anilines is 1. The number of carbonyl (C=O) groups is 2. The van der Waals surface area contributed by atoms with Crippen LogP contribution in [0.2, 0.25) is 0 Å². The standard InChI is InChI=1S/C17H26N4O2/c1-19(2)10-6-9-18-16(22)17(23)21-13-11-20(12-14-21)15-7-4-3-5-8-15/h3-5,7-8H,6,9-14H2,1-2H3,(H,18,22). The molecular weight excluding hydrogens is 292 g/mol. The molecule has 0 spiro atoms. The summed E-state index contributed by atoms with van der Waals surface area (Å²) in [5.41, 5.74) is 1.16. The zero-order valence-electron chi connectivity index (χ0n) is 14.0. The van der Waals surface area contributed by atoms with E-state index in [4.69, 9.17) is 0 Å². The maximum atomic E-state index is 12.2. The Morgan fingerprint density at radius 3 is 2.35 bits per heavy atom. The fourth-order valence-electron chi connectivity index (χ4n) is 2.62. The number of hydrogen-bond donors (Lipinski definition) is 1. The van der Waals surface area contributed by atoms with E-state index in [1.807, 2.05) is 32.3 Å². The first kappa shape index (κ1) is 17.3. The summed E-state index contributed by atoms with van der Waals surface area (Å²) in [6, 6.07) is 10.1. The van der Waals surface area contributed by atoms with E-state index in [1.54, 1.807) is 4.90 Å². The monoisotopic (exact) mass is 318 g/mol. The smallest absolute Gasteiger partial charge is 0.312 e. The van der Waals surface area contributed by atoms with E-state index in [-0.39, 0.29) is 0 Å². The number of para-hydroxylation sites is 1. The van der Waals surface area contributed by atoms with Crippen LogP contribution in [0, 0.1) is 0 Å². The van der Waals surface area contributed by atoms with Gasteiger partial charge in [0.15, 0.2) is 0 Å². The van der Waals surface area contributed by atoms with Crippen LogP contribution in [0.15, 0.2) is 30.3 Å². The second-order valence-corrected chi connectivity index (χ2v) is 6.03. The minimum Gasteiger partial charge on any atom is -0.368 e. The Kier molecular flexibility index (Phi) is 6.40. The number of hydrogen-bond acceptors (Lipinski definition) is 4. The Balaban J connectivity index is 1.73. The zero-order chi connectivity index (χ0) is 16.7. The Bertz CT molecular complexity index is 511. The summed E-state index contributed by atoms with van der Waals surface area (Å²) < 4.78 is 0. The van der Waals surface area contributed by atoms with Crippen molar-refractivity contribution in [3.63, 3.8) is 0 Å². The van der Waals surface area contributed by atoms with Crippen LogP contribution in [-0.4, -0.2) is 75.0 Å². The largest absolute Gasteiger partial charge is 0.368 e. The van der Waals surface area contributed by atoms with E-state index < -0.39 is 11.8 Å². The molecule has 1 aliphatic heterocycles. The van der Waals surface area contributed by atoms with Gasteiger partial charge in [-0.15, -0.1) is 0 Å². The molecule has 1 heterocycles. The summed E-state index contributed by atoms with van der Waals surface area (Å²) in [6.07, 6.45) is 0.841. The second kappa shape index (κ2) is 8.53. The highest BCUT2D eigenvalue weighted by atomic mass is 16.2. The summed E-state index contributed by atoms with van der Waals surface area (Å²) in [5, 5.41) is 2.71. The molecule has 1 aromatic carbocycles. The van der Waals surface area contributed by atoms with Crippen LogP contribution >= 0.6 is 0 Å². The minimum absolute atomic E-state index is 0.414. The van der Waals surface area contributed by atoms with E-state index >= 15 is 0 Å². The third-order valence-corrected chi connectivity index (χ3v) is 3.95.